The van der Waals surface area contributed by atoms with Gasteiger partial charge in [0.25, 0.3) is 0 Å². The predicted molar refractivity (Wildman–Crippen MR) is 134 cm³/mol. The Bertz CT molecular complexity index is 1210. The maximum atomic E-state index is 18.0. The van der Waals surface area contributed by atoms with E-state index >= 15 is 8.78 Å². The number of fused-ring (bicyclic) bond motifs is 5. The Morgan fingerprint density at radius 3 is 2.28 bits per heavy atom. The molecule has 8 atom stereocenters. The summed E-state index contributed by atoms with van der Waals surface area (Å²) in [6.45, 7) is 7.83. The number of hydrogen-bond acceptors (Lipinski definition) is 8. The number of Topliss-reactive ketones (excluding diaryl/α,β-unsaturated/α-hetero) is 1. The SMILES string of the molecule is COC1=CC2=C(F)C[C@H]3[C@@H]4C[C@@H](C)[C@](OC(C)=O)(C(=O)COC(C)=O)[C@@]4(C)C[C@H](OC(C)=O)[C@]3(F)[C@@]2(C)C=C1. The third-order valence-corrected chi connectivity index (χ3v) is 9.66. The van der Waals surface area contributed by atoms with Gasteiger partial charge in [0.2, 0.25) is 5.78 Å². The van der Waals surface area contributed by atoms with Crippen molar-refractivity contribution in [3.05, 3.63) is 35.4 Å². The lowest BCUT2D eigenvalue weighted by Gasteiger charge is -2.62. The van der Waals surface area contributed by atoms with Gasteiger partial charge in [-0.2, -0.15) is 0 Å². The van der Waals surface area contributed by atoms with Gasteiger partial charge in [0, 0.05) is 50.0 Å². The molecule has 214 valence electrons. The molecule has 0 radical (unpaired) electrons. The van der Waals surface area contributed by atoms with Crippen molar-refractivity contribution in [1.29, 1.82) is 0 Å². The molecule has 10 heteroatoms. The van der Waals surface area contributed by atoms with Crippen LogP contribution in [0.1, 0.15) is 60.8 Å². The van der Waals surface area contributed by atoms with Crippen LogP contribution in [0.25, 0.3) is 0 Å². The van der Waals surface area contributed by atoms with Crippen LogP contribution in [-0.4, -0.2) is 54.8 Å². The number of alkyl halides is 1. The van der Waals surface area contributed by atoms with E-state index in [9.17, 15) is 19.2 Å². The van der Waals surface area contributed by atoms with Crippen molar-refractivity contribution < 1.29 is 46.9 Å². The lowest BCUT2D eigenvalue weighted by Crippen LogP contribution is -2.70. The van der Waals surface area contributed by atoms with E-state index in [1.165, 1.54) is 20.1 Å². The average molecular weight is 551 g/mol. The summed E-state index contributed by atoms with van der Waals surface area (Å²) < 4.78 is 55.7. The van der Waals surface area contributed by atoms with Crippen LogP contribution in [0, 0.1) is 28.6 Å². The van der Waals surface area contributed by atoms with E-state index in [2.05, 4.69) is 0 Å². The smallest absolute Gasteiger partial charge is 0.303 e. The lowest BCUT2D eigenvalue weighted by atomic mass is 9.45. The highest BCUT2D eigenvalue weighted by Gasteiger charge is 2.78. The highest BCUT2D eigenvalue weighted by Crippen LogP contribution is 2.72. The zero-order valence-corrected chi connectivity index (χ0v) is 23.4. The topological polar surface area (TPSA) is 105 Å². The van der Waals surface area contributed by atoms with Crippen LogP contribution in [0.4, 0.5) is 8.78 Å². The van der Waals surface area contributed by atoms with E-state index in [-0.39, 0.29) is 24.8 Å². The highest BCUT2D eigenvalue weighted by molar-refractivity contribution is 5.93. The maximum Gasteiger partial charge on any atom is 0.303 e. The number of ketones is 1. The molecule has 0 aromatic carbocycles. The molecule has 39 heavy (non-hydrogen) atoms. The molecule has 0 N–H and O–H groups in total. The van der Waals surface area contributed by atoms with Gasteiger partial charge < -0.3 is 18.9 Å². The number of hydrogen-bond donors (Lipinski definition) is 0. The second-order valence-corrected chi connectivity index (χ2v) is 11.7. The summed E-state index contributed by atoms with van der Waals surface area (Å²) in [6.07, 6.45) is 2.94. The van der Waals surface area contributed by atoms with Crippen molar-refractivity contribution in [3.63, 3.8) is 0 Å². The molecular formula is C29H36F2O8. The number of rotatable bonds is 6. The van der Waals surface area contributed by atoms with Crippen LogP contribution in [0.15, 0.2) is 35.4 Å². The van der Waals surface area contributed by atoms with Crippen LogP contribution in [0.5, 0.6) is 0 Å². The first kappa shape index (κ1) is 29.0. The Hall–Kier alpha value is -3.04. The van der Waals surface area contributed by atoms with Crippen molar-refractivity contribution in [3.8, 4) is 0 Å². The first-order valence-corrected chi connectivity index (χ1v) is 13.1. The third-order valence-electron chi connectivity index (χ3n) is 9.66. The van der Waals surface area contributed by atoms with E-state index in [0.717, 1.165) is 13.8 Å². The summed E-state index contributed by atoms with van der Waals surface area (Å²) in [4.78, 5) is 50.1. The largest absolute Gasteiger partial charge is 0.497 e. The lowest BCUT2D eigenvalue weighted by molar-refractivity contribution is -0.232. The summed E-state index contributed by atoms with van der Waals surface area (Å²) in [5.74, 6) is -5.27. The van der Waals surface area contributed by atoms with Gasteiger partial charge in [-0.25, -0.2) is 8.78 Å². The average Bonchev–Trinajstić information content (AvgIpc) is 3.05. The molecule has 2 fully saturated rings. The Morgan fingerprint density at radius 2 is 1.72 bits per heavy atom. The Balaban J connectivity index is 1.93. The first-order chi connectivity index (χ1) is 18.1. The maximum absolute atomic E-state index is 18.0. The predicted octanol–water partition coefficient (Wildman–Crippen LogP) is 4.48. The van der Waals surface area contributed by atoms with Crippen LogP contribution < -0.4 is 0 Å². The molecule has 2 saturated carbocycles. The third kappa shape index (κ3) is 3.96. The molecule has 0 aromatic rings. The van der Waals surface area contributed by atoms with Crippen LogP contribution in [-0.2, 0) is 38.1 Å². The van der Waals surface area contributed by atoms with Crippen molar-refractivity contribution in [1.82, 2.24) is 0 Å². The second kappa shape index (κ2) is 9.55. The van der Waals surface area contributed by atoms with Gasteiger partial charge in [0.15, 0.2) is 17.9 Å². The molecule has 4 rings (SSSR count). The molecule has 0 unspecified atom stereocenters. The molecule has 0 aliphatic heterocycles. The van der Waals surface area contributed by atoms with E-state index in [0.29, 0.717) is 5.76 Å². The number of carbonyl (C=O) groups is 4. The van der Waals surface area contributed by atoms with E-state index < -0.39 is 82.1 Å². The summed E-state index contributed by atoms with van der Waals surface area (Å²) in [7, 11) is 1.43. The van der Waals surface area contributed by atoms with Gasteiger partial charge in [0.1, 0.15) is 17.7 Å². The quantitative estimate of drug-likeness (QED) is 0.352. The standard InChI is InChI=1S/C29H36F2O8/c1-15-10-20-21-12-23(30)22-11-19(36-7)8-9-26(22,5)28(21,31)25(38-17(3)33)13-27(20,6)29(15,39-18(4)34)24(35)14-37-16(2)32/h8-9,11,15,20-21,25H,10,12-14H2,1-7H3/t15-,20+,21+,25+,26+,27+,28+,29+/m1/s1. The van der Waals surface area contributed by atoms with Gasteiger partial charge in [-0.05, 0) is 37.8 Å². The van der Waals surface area contributed by atoms with Gasteiger partial charge in [-0.1, -0.05) is 19.9 Å². The van der Waals surface area contributed by atoms with E-state index in [4.69, 9.17) is 18.9 Å². The Morgan fingerprint density at radius 1 is 1.05 bits per heavy atom. The monoisotopic (exact) mass is 550 g/mol. The summed E-state index contributed by atoms with van der Waals surface area (Å²) in [5, 5.41) is 0. The highest BCUT2D eigenvalue weighted by atomic mass is 19.1. The molecule has 0 spiro atoms. The molecule has 4 aliphatic rings. The van der Waals surface area contributed by atoms with E-state index in [1.54, 1.807) is 32.9 Å². The fraction of sp³-hybridized carbons (Fsp3) is 0.655. The minimum absolute atomic E-state index is 0.115. The summed E-state index contributed by atoms with van der Waals surface area (Å²) in [6, 6.07) is 0. The number of ether oxygens (including phenoxy) is 4. The number of halogens is 2. The number of methoxy groups -OCH3 is 1. The minimum atomic E-state index is -2.26. The van der Waals surface area contributed by atoms with Crippen molar-refractivity contribution >= 4 is 23.7 Å². The molecule has 0 aromatic heterocycles. The van der Waals surface area contributed by atoms with Crippen molar-refractivity contribution in [2.24, 2.45) is 28.6 Å². The normalized spacial score (nSPS) is 40.5. The van der Waals surface area contributed by atoms with Crippen LogP contribution in [0.3, 0.4) is 0 Å². The molecular weight excluding hydrogens is 514 g/mol. The number of carbonyl (C=O) groups excluding carboxylic acids is 4. The van der Waals surface area contributed by atoms with Gasteiger partial charge >= 0.3 is 17.9 Å². The van der Waals surface area contributed by atoms with E-state index in [1.807, 2.05) is 0 Å². The molecule has 0 saturated heterocycles. The fourth-order valence-corrected chi connectivity index (χ4v) is 8.13. The molecule has 4 aliphatic carbocycles. The molecule has 0 heterocycles. The fourth-order valence-electron chi connectivity index (χ4n) is 8.13. The van der Waals surface area contributed by atoms with Gasteiger partial charge in [-0.3, -0.25) is 19.2 Å². The number of esters is 3. The van der Waals surface area contributed by atoms with Crippen molar-refractivity contribution in [2.45, 2.75) is 78.2 Å². The molecule has 0 amide bonds. The van der Waals surface area contributed by atoms with Crippen molar-refractivity contribution in [2.75, 3.05) is 13.7 Å². The zero-order chi connectivity index (χ0) is 29.1. The molecule has 8 nitrogen and oxygen atoms in total. The summed E-state index contributed by atoms with van der Waals surface area (Å²) in [5.41, 5.74) is -6.74. The van der Waals surface area contributed by atoms with Gasteiger partial charge in [-0.15, -0.1) is 0 Å². The van der Waals surface area contributed by atoms with Crippen LogP contribution in [0.2, 0.25) is 0 Å². The van der Waals surface area contributed by atoms with Gasteiger partial charge in [0.05, 0.1) is 12.5 Å². The Labute approximate surface area is 226 Å². The first-order valence-electron chi connectivity index (χ1n) is 13.1. The zero-order valence-electron chi connectivity index (χ0n) is 23.4. The minimum Gasteiger partial charge on any atom is -0.497 e. The molecule has 0 bridgehead atoms. The summed E-state index contributed by atoms with van der Waals surface area (Å²) >= 11 is 0. The second-order valence-electron chi connectivity index (χ2n) is 11.7. The number of allylic oxidation sites excluding steroid dienone is 5. The van der Waals surface area contributed by atoms with Crippen LogP contribution >= 0.6 is 0 Å². The Kier molecular flexibility index (Phi) is 7.09.